The average Bonchev–Trinajstić information content (AvgIpc) is 3.20. The van der Waals surface area contributed by atoms with E-state index in [0.717, 1.165) is 37.7 Å². The van der Waals surface area contributed by atoms with E-state index in [1.54, 1.807) is 4.57 Å². The van der Waals surface area contributed by atoms with Gasteiger partial charge in [0.1, 0.15) is 0 Å². The molecule has 2 aliphatic rings. The SMILES string of the molecule is O=C(C1CCCCC1)N1CCC[C@@H]1Cn1c(=O)oc2ccccc21. The van der Waals surface area contributed by atoms with Crippen LogP contribution in [0.4, 0.5) is 0 Å². The highest BCUT2D eigenvalue weighted by Crippen LogP contribution is 2.29. The summed E-state index contributed by atoms with van der Waals surface area (Å²) in [6.45, 7) is 1.36. The van der Waals surface area contributed by atoms with E-state index in [9.17, 15) is 9.59 Å². The minimum Gasteiger partial charge on any atom is -0.408 e. The Kier molecular flexibility index (Phi) is 4.17. The van der Waals surface area contributed by atoms with Gasteiger partial charge in [-0.3, -0.25) is 9.36 Å². The van der Waals surface area contributed by atoms with E-state index in [1.807, 2.05) is 29.2 Å². The van der Waals surface area contributed by atoms with Gasteiger partial charge in [-0.1, -0.05) is 31.4 Å². The van der Waals surface area contributed by atoms with Crippen LogP contribution >= 0.6 is 0 Å². The molecule has 1 aromatic carbocycles. The van der Waals surface area contributed by atoms with Crippen LogP contribution in [-0.4, -0.2) is 28.0 Å². The molecular formula is C19H24N2O3. The molecule has 0 radical (unpaired) electrons. The molecule has 4 rings (SSSR count). The number of fused-ring (bicyclic) bond motifs is 1. The normalized spacial score (nSPS) is 22.3. The predicted octanol–water partition coefficient (Wildman–Crippen LogP) is 3.17. The van der Waals surface area contributed by atoms with Crippen molar-refractivity contribution in [3.63, 3.8) is 0 Å². The number of carbonyl (C=O) groups is 1. The summed E-state index contributed by atoms with van der Waals surface area (Å²) in [5.41, 5.74) is 1.44. The Morgan fingerprint density at radius 3 is 2.71 bits per heavy atom. The van der Waals surface area contributed by atoms with Crippen molar-refractivity contribution in [2.45, 2.75) is 57.5 Å². The first kappa shape index (κ1) is 15.5. The van der Waals surface area contributed by atoms with Crippen LogP contribution in [0.5, 0.6) is 0 Å². The average molecular weight is 328 g/mol. The number of hydrogen-bond donors (Lipinski definition) is 0. The summed E-state index contributed by atoms with van der Waals surface area (Å²) < 4.78 is 7.01. The standard InChI is InChI=1S/C19H24N2O3/c22-18(14-7-2-1-3-8-14)20-12-6-9-15(20)13-21-16-10-4-5-11-17(16)24-19(21)23/h4-5,10-11,14-15H,1-3,6-9,12-13H2/t15-/m1/s1. The maximum Gasteiger partial charge on any atom is 0.420 e. The third-order valence-electron chi connectivity index (χ3n) is 5.58. The van der Waals surface area contributed by atoms with Crippen LogP contribution in [-0.2, 0) is 11.3 Å². The van der Waals surface area contributed by atoms with Gasteiger partial charge < -0.3 is 9.32 Å². The van der Waals surface area contributed by atoms with Crippen LogP contribution in [0.1, 0.15) is 44.9 Å². The Morgan fingerprint density at radius 1 is 1.08 bits per heavy atom. The van der Waals surface area contributed by atoms with Crippen LogP contribution in [0.3, 0.4) is 0 Å². The Balaban J connectivity index is 1.55. The van der Waals surface area contributed by atoms with Gasteiger partial charge in [-0.15, -0.1) is 0 Å². The molecule has 128 valence electrons. The van der Waals surface area contributed by atoms with Crippen molar-refractivity contribution in [1.29, 1.82) is 0 Å². The molecule has 0 spiro atoms. The highest BCUT2D eigenvalue weighted by molar-refractivity contribution is 5.79. The molecular weight excluding hydrogens is 304 g/mol. The second kappa shape index (κ2) is 6.46. The molecule has 0 N–H and O–H groups in total. The van der Waals surface area contributed by atoms with Gasteiger partial charge in [0.15, 0.2) is 5.58 Å². The lowest BCUT2D eigenvalue weighted by Crippen LogP contribution is -2.43. The van der Waals surface area contributed by atoms with Crippen molar-refractivity contribution in [2.24, 2.45) is 5.92 Å². The second-order valence-corrected chi connectivity index (χ2v) is 7.11. The van der Waals surface area contributed by atoms with Crippen molar-refractivity contribution >= 4 is 17.0 Å². The number of carbonyl (C=O) groups excluding carboxylic acids is 1. The third kappa shape index (κ3) is 2.76. The van der Waals surface area contributed by atoms with Gasteiger partial charge in [-0.05, 0) is 37.8 Å². The summed E-state index contributed by atoms with van der Waals surface area (Å²) in [7, 11) is 0. The number of para-hydroxylation sites is 2. The number of likely N-dealkylation sites (tertiary alicyclic amines) is 1. The molecule has 5 nitrogen and oxygen atoms in total. The van der Waals surface area contributed by atoms with Crippen molar-refractivity contribution in [3.8, 4) is 0 Å². The smallest absolute Gasteiger partial charge is 0.408 e. The van der Waals surface area contributed by atoms with Gasteiger partial charge in [0.05, 0.1) is 5.52 Å². The molecule has 1 aliphatic heterocycles. The van der Waals surface area contributed by atoms with E-state index >= 15 is 0 Å². The number of rotatable bonds is 3. The number of benzene rings is 1. The Morgan fingerprint density at radius 2 is 1.88 bits per heavy atom. The third-order valence-corrected chi connectivity index (χ3v) is 5.58. The first-order valence-corrected chi connectivity index (χ1v) is 9.13. The fourth-order valence-corrected chi connectivity index (χ4v) is 4.30. The largest absolute Gasteiger partial charge is 0.420 e. The number of aromatic nitrogens is 1. The topological polar surface area (TPSA) is 55.5 Å². The Labute approximate surface area is 141 Å². The van der Waals surface area contributed by atoms with E-state index in [-0.39, 0.29) is 17.7 Å². The minimum absolute atomic E-state index is 0.109. The summed E-state index contributed by atoms with van der Waals surface area (Å²) in [6, 6.07) is 7.60. The predicted molar refractivity (Wildman–Crippen MR) is 91.8 cm³/mol. The van der Waals surface area contributed by atoms with E-state index in [1.165, 1.54) is 19.3 Å². The van der Waals surface area contributed by atoms with Crippen LogP contribution < -0.4 is 5.76 Å². The number of hydrogen-bond acceptors (Lipinski definition) is 3. The van der Waals surface area contributed by atoms with Gasteiger partial charge in [-0.2, -0.15) is 0 Å². The van der Waals surface area contributed by atoms with E-state index in [0.29, 0.717) is 18.0 Å². The highest BCUT2D eigenvalue weighted by atomic mass is 16.4. The fourth-order valence-electron chi connectivity index (χ4n) is 4.30. The van der Waals surface area contributed by atoms with Gasteiger partial charge in [0, 0.05) is 25.0 Å². The monoisotopic (exact) mass is 328 g/mol. The molecule has 0 unspecified atom stereocenters. The van der Waals surface area contributed by atoms with Crippen LogP contribution in [0.15, 0.2) is 33.5 Å². The molecule has 1 saturated heterocycles. The van der Waals surface area contributed by atoms with E-state index in [2.05, 4.69) is 0 Å². The van der Waals surface area contributed by atoms with Crippen LogP contribution in [0.25, 0.3) is 11.1 Å². The van der Waals surface area contributed by atoms with Crippen LogP contribution in [0, 0.1) is 5.92 Å². The molecule has 1 atom stereocenters. The van der Waals surface area contributed by atoms with Crippen LogP contribution in [0.2, 0.25) is 0 Å². The lowest BCUT2D eigenvalue weighted by Gasteiger charge is -2.30. The number of oxazole rings is 1. The van der Waals surface area contributed by atoms with Crippen molar-refractivity contribution in [2.75, 3.05) is 6.54 Å². The summed E-state index contributed by atoms with van der Waals surface area (Å²) in [5, 5.41) is 0. The zero-order valence-electron chi connectivity index (χ0n) is 13.9. The Hall–Kier alpha value is -2.04. The zero-order valence-corrected chi connectivity index (χ0v) is 13.9. The first-order chi connectivity index (χ1) is 11.7. The maximum absolute atomic E-state index is 12.9. The summed E-state index contributed by atoms with van der Waals surface area (Å²) in [5.74, 6) is 0.170. The number of nitrogens with zero attached hydrogens (tertiary/aromatic N) is 2. The van der Waals surface area contributed by atoms with E-state index in [4.69, 9.17) is 4.42 Å². The molecule has 2 aromatic rings. The molecule has 0 bridgehead atoms. The van der Waals surface area contributed by atoms with Gasteiger partial charge in [0.25, 0.3) is 0 Å². The van der Waals surface area contributed by atoms with Crippen molar-refractivity contribution in [3.05, 3.63) is 34.8 Å². The van der Waals surface area contributed by atoms with Gasteiger partial charge in [0.2, 0.25) is 5.91 Å². The highest BCUT2D eigenvalue weighted by Gasteiger charge is 2.34. The number of amides is 1. The summed E-state index contributed by atoms with van der Waals surface area (Å²) in [6.07, 6.45) is 7.62. The lowest BCUT2D eigenvalue weighted by atomic mass is 9.88. The molecule has 1 aliphatic carbocycles. The lowest BCUT2D eigenvalue weighted by molar-refractivity contribution is -0.137. The molecule has 1 amide bonds. The molecule has 1 saturated carbocycles. The summed E-state index contributed by atoms with van der Waals surface area (Å²) in [4.78, 5) is 27.1. The molecule has 2 fully saturated rings. The molecule has 1 aromatic heterocycles. The van der Waals surface area contributed by atoms with Gasteiger partial charge in [-0.25, -0.2) is 4.79 Å². The maximum atomic E-state index is 12.9. The Bertz CT molecular complexity index is 785. The quantitative estimate of drug-likeness (QED) is 0.869. The van der Waals surface area contributed by atoms with E-state index < -0.39 is 0 Å². The minimum atomic E-state index is -0.326. The zero-order chi connectivity index (χ0) is 16.5. The van der Waals surface area contributed by atoms with Crippen molar-refractivity contribution in [1.82, 2.24) is 9.47 Å². The second-order valence-electron chi connectivity index (χ2n) is 7.11. The molecule has 24 heavy (non-hydrogen) atoms. The fraction of sp³-hybridized carbons (Fsp3) is 0.579. The first-order valence-electron chi connectivity index (χ1n) is 9.13. The molecule has 5 heteroatoms. The van der Waals surface area contributed by atoms with Crippen molar-refractivity contribution < 1.29 is 9.21 Å². The van der Waals surface area contributed by atoms with Gasteiger partial charge >= 0.3 is 5.76 Å². The molecule has 2 heterocycles. The summed E-state index contributed by atoms with van der Waals surface area (Å²) >= 11 is 0.